The summed E-state index contributed by atoms with van der Waals surface area (Å²) in [6, 6.07) is 6.90. The summed E-state index contributed by atoms with van der Waals surface area (Å²) >= 11 is 0.0558. The predicted octanol–water partition coefficient (Wildman–Crippen LogP) is 3.43. The average molecular weight is 508 g/mol. The van der Waals surface area contributed by atoms with Crippen molar-refractivity contribution in [3.8, 4) is 23.0 Å². The van der Waals surface area contributed by atoms with Crippen LogP contribution in [-0.2, 0) is 21.3 Å². The van der Waals surface area contributed by atoms with Gasteiger partial charge in [-0.05, 0) is 35.9 Å². The summed E-state index contributed by atoms with van der Waals surface area (Å²) in [4.78, 5) is 0.0741. The molecule has 0 radical (unpaired) electrons. The highest BCUT2D eigenvalue weighted by molar-refractivity contribution is 7.93. The van der Waals surface area contributed by atoms with Crippen LogP contribution in [-0.4, -0.2) is 51.4 Å². The van der Waals surface area contributed by atoms with Gasteiger partial charge in [0, 0.05) is 12.1 Å². The molecule has 0 aliphatic carbocycles. The van der Waals surface area contributed by atoms with E-state index < -0.39 is 21.2 Å². The van der Waals surface area contributed by atoms with Crippen LogP contribution >= 0.6 is 0 Å². The number of ether oxygens (including phenoxy) is 4. The van der Waals surface area contributed by atoms with Crippen LogP contribution in [0.15, 0.2) is 36.4 Å². The first-order valence-corrected chi connectivity index (χ1v) is 11.2. The Hall–Kier alpha value is -3.19. The molecule has 0 unspecified atom stereocenters. The maximum atomic E-state index is 12.8. The van der Waals surface area contributed by atoms with Crippen molar-refractivity contribution in [1.82, 2.24) is 0 Å². The molecule has 33 heavy (non-hydrogen) atoms. The number of allylic oxidation sites excluding steroid dienone is 1. The van der Waals surface area contributed by atoms with E-state index in [0.717, 1.165) is 13.2 Å². The highest BCUT2D eigenvalue weighted by Gasteiger charge is 2.46. The summed E-state index contributed by atoms with van der Waals surface area (Å²) in [5.41, 5.74) is -5.39. The summed E-state index contributed by atoms with van der Waals surface area (Å²) in [7, 11) is -0.204. The van der Waals surface area contributed by atoms with Crippen molar-refractivity contribution in [2.45, 2.75) is 5.51 Å². The van der Waals surface area contributed by atoms with Crippen molar-refractivity contribution in [3.05, 3.63) is 47.5 Å². The maximum absolute atomic E-state index is 12.8. The van der Waals surface area contributed by atoms with Gasteiger partial charge in [0.15, 0.2) is 0 Å². The number of sulfonamides is 1. The number of anilines is 1. The molecule has 13 heteroatoms. The quantitative estimate of drug-likeness (QED) is 0.315. The first-order chi connectivity index (χ1) is 15.5. The summed E-state index contributed by atoms with van der Waals surface area (Å²) in [5.74, 6) is 1.07. The number of rotatable bonds is 9. The molecule has 0 spiro atoms. The third kappa shape index (κ3) is 5.99. The molecule has 0 atom stereocenters. The molecule has 0 aliphatic rings. The Bertz CT molecular complexity index is 1180. The van der Waals surface area contributed by atoms with E-state index in [2.05, 4.69) is 0 Å². The molecule has 0 amide bonds. The Kier molecular flexibility index (Phi) is 8.39. The highest BCUT2D eigenvalue weighted by atomic mass is 32.2. The maximum Gasteiger partial charge on any atom is 0.516 e. The van der Waals surface area contributed by atoms with E-state index in [0.29, 0.717) is 22.8 Å². The smallest absolute Gasteiger partial charge is 0.496 e. The molecule has 0 aliphatic heterocycles. The Balaban J connectivity index is 2.51. The first kappa shape index (κ1) is 26.1. The lowest BCUT2D eigenvalue weighted by molar-refractivity contribution is -0.0429. The van der Waals surface area contributed by atoms with Gasteiger partial charge in [0.25, 0.3) is 0 Å². The van der Waals surface area contributed by atoms with E-state index in [4.69, 9.17) is 18.9 Å². The van der Waals surface area contributed by atoms with Crippen molar-refractivity contribution in [2.24, 2.45) is 0 Å². The number of alkyl halides is 3. The van der Waals surface area contributed by atoms with E-state index in [9.17, 15) is 25.8 Å². The monoisotopic (exact) mass is 507 g/mol. The normalized spacial score (nSPS) is 11.7. The summed E-state index contributed by atoms with van der Waals surface area (Å²) in [6.07, 6.45) is 2.91. The van der Waals surface area contributed by atoms with Gasteiger partial charge in [0.1, 0.15) is 23.0 Å². The minimum atomic E-state index is -5.70. The second-order valence-corrected chi connectivity index (χ2v) is 8.47. The molecule has 2 rings (SSSR count). The molecule has 0 saturated heterocycles. The van der Waals surface area contributed by atoms with E-state index >= 15 is 0 Å². The number of benzene rings is 2. The van der Waals surface area contributed by atoms with E-state index in [1.54, 1.807) is 12.1 Å². The minimum absolute atomic E-state index is 0.0558. The number of methoxy groups -OCH3 is 4. The third-order valence-corrected chi connectivity index (χ3v) is 5.93. The highest BCUT2D eigenvalue weighted by Crippen LogP contribution is 2.35. The molecule has 1 N–H and O–H groups in total. The zero-order valence-corrected chi connectivity index (χ0v) is 19.5. The van der Waals surface area contributed by atoms with Gasteiger partial charge in [0.05, 0.1) is 55.8 Å². The van der Waals surface area contributed by atoms with Crippen molar-refractivity contribution in [1.29, 1.82) is 0 Å². The van der Waals surface area contributed by atoms with Gasteiger partial charge in [-0.25, -0.2) is 4.21 Å². The van der Waals surface area contributed by atoms with Gasteiger partial charge in [-0.1, -0.05) is 0 Å². The summed E-state index contributed by atoms with van der Waals surface area (Å²) in [6.45, 7) is 0. The second-order valence-electron chi connectivity index (χ2n) is 6.19. The van der Waals surface area contributed by atoms with Crippen LogP contribution in [0, 0.1) is 0 Å². The van der Waals surface area contributed by atoms with Gasteiger partial charge in [-0.15, -0.1) is 0 Å². The van der Waals surface area contributed by atoms with Crippen LogP contribution in [0.25, 0.3) is 6.08 Å². The lowest BCUT2D eigenvalue weighted by Crippen LogP contribution is -2.30. The van der Waals surface area contributed by atoms with Crippen LogP contribution < -0.4 is 23.7 Å². The van der Waals surface area contributed by atoms with Gasteiger partial charge in [0.2, 0.25) is 0 Å². The fraction of sp³-hybridized carbons (Fsp3) is 0.250. The first-order valence-electron chi connectivity index (χ1n) is 8.93. The number of hydrogen-bond donors (Lipinski definition) is 1. The van der Waals surface area contributed by atoms with Crippen LogP contribution in [0.3, 0.4) is 0 Å². The van der Waals surface area contributed by atoms with Crippen LogP contribution in [0.5, 0.6) is 23.0 Å². The molecule has 0 saturated carbocycles. The molecular weight excluding hydrogens is 487 g/mol. The fourth-order valence-electron chi connectivity index (χ4n) is 2.67. The average Bonchev–Trinajstić information content (AvgIpc) is 2.78. The second kappa shape index (κ2) is 10.6. The van der Waals surface area contributed by atoms with Gasteiger partial charge < -0.3 is 18.9 Å². The van der Waals surface area contributed by atoms with Crippen LogP contribution in [0.4, 0.5) is 18.9 Å². The van der Waals surface area contributed by atoms with Gasteiger partial charge in [-0.2, -0.15) is 21.6 Å². The zero-order chi connectivity index (χ0) is 24.8. The molecular formula is C20H20F3NO7S2. The molecule has 180 valence electrons. The summed E-state index contributed by atoms with van der Waals surface area (Å²) < 4.78 is 95.4. The van der Waals surface area contributed by atoms with Crippen molar-refractivity contribution < 1.29 is 44.7 Å². The fourth-order valence-corrected chi connectivity index (χ4v) is 3.58. The SMILES string of the molecule is COc1cc(OC)c(C=CC(=S=O)c2ccc(OC)c(NS(=O)(=O)C(F)(F)F)c2)c(OC)c1. The van der Waals surface area contributed by atoms with Gasteiger partial charge >= 0.3 is 15.5 Å². The largest absolute Gasteiger partial charge is 0.516 e. The molecule has 0 aromatic heterocycles. The minimum Gasteiger partial charge on any atom is -0.496 e. The Labute approximate surface area is 192 Å². The molecule has 2 aromatic carbocycles. The van der Waals surface area contributed by atoms with Crippen LogP contribution in [0.2, 0.25) is 0 Å². The Morgan fingerprint density at radius 3 is 1.97 bits per heavy atom. The molecule has 0 fully saturated rings. The Morgan fingerprint density at radius 2 is 1.52 bits per heavy atom. The number of nitrogens with one attached hydrogen (secondary N) is 1. The predicted molar refractivity (Wildman–Crippen MR) is 119 cm³/mol. The lowest BCUT2D eigenvalue weighted by Gasteiger charge is -2.14. The van der Waals surface area contributed by atoms with Crippen LogP contribution in [0.1, 0.15) is 11.1 Å². The topological polar surface area (TPSA) is 100 Å². The molecule has 8 nitrogen and oxygen atoms in total. The van der Waals surface area contributed by atoms with Crippen molar-refractivity contribution in [2.75, 3.05) is 33.2 Å². The third-order valence-electron chi connectivity index (χ3n) is 4.28. The van der Waals surface area contributed by atoms with Gasteiger partial charge in [-0.3, -0.25) is 4.72 Å². The van der Waals surface area contributed by atoms with Crippen molar-refractivity contribution in [3.63, 3.8) is 0 Å². The standard InChI is InChI=1S/C20H20F3NO7S2/c1-28-13-10-17(30-3)14(18(11-13)31-4)6-8-19(32-25)12-5-7-16(29-2)15(9-12)24-33(26,27)20(21,22)23/h5-11,24H,1-4H3. The molecule has 0 heterocycles. The number of halogens is 3. The van der Waals surface area contributed by atoms with E-state index in [-0.39, 0.29) is 27.4 Å². The molecule has 2 aromatic rings. The molecule has 0 bridgehead atoms. The van der Waals surface area contributed by atoms with Crippen molar-refractivity contribution >= 4 is 37.9 Å². The number of hydrogen-bond acceptors (Lipinski definition) is 7. The zero-order valence-electron chi connectivity index (χ0n) is 17.8. The Morgan fingerprint density at radius 1 is 0.939 bits per heavy atom. The van der Waals surface area contributed by atoms with E-state index in [1.807, 2.05) is 0 Å². The van der Waals surface area contributed by atoms with E-state index in [1.165, 1.54) is 50.3 Å². The lowest BCUT2D eigenvalue weighted by atomic mass is 10.1. The summed E-state index contributed by atoms with van der Waals surface area (Å²) in [5, 5.41) is 0.